The number of aliphatic carboxylic acids is 1. The Morgan fingerprint density at radius 3 is 2.41 bits per heavy atom. The summed E-state index contributed by atoms with van der Waals surface area (Å²) < 4.78 is 0. The van der Waals surface area contributed by atoms with E-state index in [4.69, 9.17) is 0 Å². The molecular weight excluding hydrogens is 278 g/mol. The number of carboxylic acid groups (broad SMARTS) is 1. The molecule has 22 heavy (non-hydrogen) atoms. The second-order valence-electron chi connectivity index (χ2n) is 6.15. The molecule has 116 valence electrons. The van der Waals surface area contributed by atoms with Crippen LogP contribution in [0.3, 0.4) is 0 Å². The van der Waals surface area contributed by atoms with Crippen LogP contribution in [-0.2, 0) is 22.4 Å². The van der Waals surface area contributed by atoms with Gasteiger partial charge in [-0.3, -0.25) is 4.79 Å². The van der Waals surface area contributed by atoms with Crippen LogP contribution in [0.4, 0.5) is 5.69 Å². The molecule has 0 unspecified atom stereocenters. The SMILES string of the molecule is O=C([O-])[C@H]1CC=CC[C@H]1C(=O)Nc1ccc2c(c1)CCCC2. The highest BCUT2D eigenvalue weighted by Crippen LogP contribution is 2.28. The van der Waals surface area contributed by atoms with Crippen molar-refractivity contribution >= 4 is 17.6 Å². The van der Waals surface area contributed by atoms with Gasteiger partial charge in [0.2, 0.25) is 5.91 Å². The number of carbonyl (C=O) groups excluding carboxylic acids is 2. The summed E-state index contributed by atoms with van der Waals surface area (Å²) in [6.45, 7) is 0. The fourth-order valence-electron chi connectivity index (χ4n) is 3.41. The van der Waals surface area contributed by atoms with Crippen molar-refractivity contribution in [3.63, 3.8) is 0 Å². The average Bonchev–Trinajstić information content (AvgIpc) is 2.54. The van der Waals surface area contributed by atoms with Gasteiger partial charge in [-0.25, -0.2) is 0 Å². The number of fused-ring (bicyclic) bond motifs is 1. The van der Waals surface area contributed by atoms with Gasteiger partial charge in [-0.05, 0) is 61.8 Å². The van der Waals surface area contributed by atoms with E-state index in [1.165, 1.54) is 24.0 Å². The summed E-state index contributed by atoms with van der Waals surface area (Å²) in [5.41, 5.74) is 3.42. The number of benzene rings is 1. The van der Waals surface area contributed by atoms with Gasteiger partial charge in [0.15, 0.2) is 0 Å². The van der Waals surface area contributed by atoms with Crippen molar-refractivity contribution in [1.82, 2.24) is 0 Å². The third-order valence-electron chi connectivity index (χ3n) is 4.69. The maximum Gasteiger partial charge on any atom is 0.228 e. The zero-order chi connectivity index (χ0) is 15.5. The lowest BCUT2D eigenvalue weighted by Gasteiger charge is -2.28. The van der Waals surface area contributed by atoms with E-state index in [9.17, 15) is 14.7 Å². The number of anilines is 1. The summed E-state index contributed by atoms with van der Waals surface area (Å²) in [6.07, 6.45) is 9.06. The molecule has 4 nitrogen and oxygen atoms in total. The third-order valence-corrected chi connectivity index (χ3v) is 4.69. The molecule has 0 aromatic heterocycles. The van der Waals surface area contributed by atoms with Crippen molar-refractivity contribution in [3.05, 3.63) is 41.5 Å². The topological polar surface area (TPSA) is 69.2 Å². The van der Waals surface area contributed by atoms with Gasteiger partial charge in [0.25, 0.3) is 0 Å². The number of rotatable bonds is 3. The normalized spacial score (nSPS) is 23.6. The first-order valence-corrected chi connectivity index (χ1v) is 7.93. The monoisotopic (exact) mass is 298 g/mol. The quantitative estimate of drug-likeness (QED) is 0.866. The zero-order valence-electron chi connectivity index (χ0n) is 12.5. The van der Waals surface area contributed by atoms with Crippen LogP contribution in [0.1, 0.15) is 36.8 Å². The number of hydrogen-bond donors (Lipinski definition) is 1. The second-order valence-corrected chi connectivity index (χ2v) is 6.15. The van der Waals surface area contributed by atoms with Gasteiger partial charge in [0, 0.05) is 17.6 Å². The van der Waals surface area contributed by atoms with Crippen LogP contribution in [0, 0.1) is 11.8 Å². The Balaban J connectivity index is 1.73. The molecule has 2 atom stereocenters. The summed E-state index contributed by atoms with van der Waals surface area (Å²) >= 11 is 0. The highest BCUT2D eigenvalue weighted by atomic mass is 16.4. The second kappa shape index (κ2) is 6.34. The van der Waals surface area contributed by atoms with Crippen LogP contribution in [0.2, 0.25) is 0 Å². The number of carbonyl (C=O) groups is 2. The first kappa shape index (κ1) is 14.8. The molecule has 0 saturated carbocycles. The Kier molecular flexibility index (Phi) is 4.27. The number of amides is 1. The summed E-state index contributed by atoms with van der Waals surface area (Å²) in [7, 11) is 0. The highest BCUT2D eigenvalue weighted by molar-refractivity contribution is 5.95. The van der Waals surface area contributed by atoms with Gasteiger partial charge in [-0.15, -0.1) is 0 Å². The van der Waals surface area contributed by atoms with Crippen molar-refractivity contribution in [1.29, 1.82) is 0 Å². The van der Waals surface area contributed by atoms with E-state index >= 15 is 0 Å². The van der Waals surface area contributed by atoms with Gasteiger partial charge in [-0.2, -0.15) is 0 Å². The van der Waals surface area contributed by atoms with E-state index in [0.717, 1.165) is 18.5 Å². The minimum Gasteiger partial charge on any atom is -0.550 e. The molecular formula is C18H20NO3-. The van der Waals surface area contributed by atoms with E-state index in [-0.39, 0.29) is 5.91 Å². The fraction of sp³-hybridized carbons (Fsp3) is 0.444. The van der Waals surface area contributed by atoms with Gasteiger partial charge < -0.3 is 15.2 Å². The van der Waals surface area contributed by atoms with E-state index in [1.54, 1.807) is 0 Å². The first-order chi connectivity index (χ1) is 10.6. The number of aryl methyl sites for hydroxylation is 2. The molecule has 1 amide bonds. The highest BCUT2D eigenvalue weighted by Gasteiger charge is 2.29. The molecule has 1 aromatic rings. The van der Waals surface area contributed by atoms with Crippen LogP contribution in [0.25, 0.3) is 0 Å². The lowest BCUT2D eigenvalue weighted by atomic mass is 9.82. The smallest absolute Gasteiger partial charge is 0.228 e. The summed E-state index contributed by atoms with van der Waals surface area (Å²) in [4.78, 5) is 23.6. The fourth-order valence-corrected chi connectivity index (χ4v) is 3.41. The van der Waals surface area contributed by atoms with E-state index in [2.05, 4.69) is 11.4 Å². The predicted molar refractivity (Wildman–Crippen MR) is 82.1 cm³/mol. The molecule has 0 fully saturated rings. The molecule has 2 aliphatic carbocycles. The lowest BCUT2D eigenvalue weighted by Crippen LogP contribution is -2.41. The molecule has 2 aliphatic rings. The average molecular weight is 298 g/mol. The number of carboxylic acids is 1. The Morgan fingerprint density at radius 1 is 1.00 bits per heavy atom. The van der Waals surface area contributed by atoms with Gasteiger partial charge in [-0.1, -0.05) is 18.2 Å². The summed E-state index contributed by atoms with van der Waals surface area (Å²) in [5.74, 6) is -2.65. The third kappa shape index (κ3) is 3.06. The molecule has 0 spiro atoms. The Labute approximate surface area is 130 Å². The van der Waals surface area contributed by atoms with Crippen LogP contribution < -0.4 is 10.4 Å². The van der Waals surface area contributed by atoms with Crippen LogP contribution >= 0.6 is 0 Å². The molecule has 1 N–H and O–H groups in total. The minimum absolute atomic E-state index is 0.227. The van der Waals surface area contributed by atoms with Crippen molar-refractivity contribution in [2.24, 2.45) is 11.8 Å². The maximum atomic E-state index is 12.4. The predicted octanol–water partition coefficient (Wildman–Crippen LogP) is 1.84. The minimum atomic E-state index is -1.14. The number of allylic oxidation sites excluding steroid dienone is 2. The standard InChI is InChI=1S/C18H21NO3/c20-17(15-7-3-4-8-16(15)18(21)22)19-14-10-9-12-5-1-2-6-13(12)11-14/h3-4,9-11,15-16H,1-2,5-8H2,(H,19,20)(H,21,22)/p-1/t15-,16+/m1/s1. The van der Waals surface area contributed by atoms with Crippen molar-refractivity contribution in [3.8, 4) is 0 Å². The van der Waals surface area contributed by atoms with Gasteiger partial charge in [0.1, 0.15) is 0 Å². The number of hydrogen-bond acceptors (Lipinski definition) is 3. The molecule has 0 saturated heterocycles. The zero-order valence-corrected chi connectivity index (χ0v) is 12.5. The first-order valence-electron chi connectivity index (χ1n) is 7.93. The van der Waals surface area contributed by atoms with Crippen LogP contribution in [0.5, 0.6) is 0 Å². The molecule has 0 heterocycles. The van der Waals surface area contributed by atoms with E-state index in [1.807, 2.05) is 24.3 Å². The Morgan fingerprint density at radius 2 is 1.68 bits per heavy atom. The molecule has 4 heteroatoms. The van der Waals surface area contributed by atoms with Crippen molar-refractivity contribution in [2.45, 2.75) is 38.5 Å². The Bertz CT molecular complexity index is 621. The maximum absolute atomic E-state index is 12.4. The van der Waals surface area contributed by atoms with Crippen LogP contribution in [-0.4, -0.2) is 11.9 Å². The summed E-state index contributed by atoms with van der Waals surface area (Å²) in [5, 5.41) is 14.1. The Hall–Kier alpha value is -2.10. The molecule has 0 aliphatic heterocycles. The van der Waals surface area contributed by atoms with E-state index < -0.39 is 17.8 Å². The molecule has 1 aromatic carbocycles. The number of nitrogens with one attached hydrogen (secondary N) is 1. The van der Waals surface area contributed by atoms with Crippen LogP contribution in [0.15, 0.2) is 30.4 Å². The molecule has 0 bridgehead atoms. The van der Waals surface area contributed by atoms with E-state index in [0.29, 0.717) is 12.8 Å². The largest absolute Gasteiger partial charge is 0.550 e. The van der Waals surface area contributed by atoms with Gasteiger partial charge in [0.05, 0.1) is 5.92 Å². The van der Waals surface area contributed by atoms with Crippen molar-refractivity contribution < 1.29 is 14.7 Å². The molecule has 0 radical (unpaired) electrons. The molecule has 3 rings (SSSR count). The van der Waals surface area contributed by atoms with Gasteiger partial charge >= 0.3 is 0 Å². The summed E-state index contributed by atoms with van der Waals surface area (Å²) in [6, 6.07) is 6.01. The van der Waals surface area contributed by atoms with Crippen molar-refractivity contribution in [2.75, 3.05) is 5.32 Å². The lowest BCUT2D eigenvalue weighted by molar-refractivity contribution is -0.313.